The van der Waals surface area contributed by atoms with E-state index in [-0.39, 0.29) is 36.1 Å². The van der Waals surface area contributed by atoms with Gasteiger partial charge >= 0.3 is 0 Å². The lowest BCUT2D eigenvalue weighted by atomic mass is 10.0. The Hall–Kier alpha value is -2.45. The van der Waals surface area contributed by atoms with E-state index in [1.54, 1.807) is 10.7 Å². The van der Waals surface area contributed by atoms with Crippen molar-refractivity contribution in [2.24, 2.45) is 7.05 Å². The number of ether oxygens (including phenoxy) is 2. The second-order valence-electron chi connectivity index (χ2n) is 6.52. The number of fused-ring (bicyclic) bond motifs is 2. The number of carbonyl (C=O) groups is 2. The Kier molecular flexibility index (Phi) is 3.93. The molecule has 0 unspecified atom stereocenters. The average Bonchev–Trinajstić information content (AvgIpc) is 3.22. The smallest absolute Gasteiger partial charge is 0.252 e. The van der Waals surface area contributed by atoms with Crippen LogP contribution >= 0.6 is 0 Å². The quantitative estimate of drug-likeness (QED) is 0.816. The summed E-state index contributed by atoms with van der Waals surface area (Å²) in [6, 6.07) is 5.05. The van der Waals surface area contributed by atoms with Crippen LogP contribution in [-0.4, -0.2) is 59.1 Å². The molecule has 0 spiro atoms. The molecule has 0 saturated carbocycles. The molecule has 0 radical (unpaired) electrons. The lowest BCUT2D eigenvalue weighted by molar-refractivity contribution is -0.120. The van der Waals surface area contributed by atoms with Crippen molar-refractivity contribution in [2.45, 2.75) is 31.2 Å². The Balaban J connectivity index is 1.49. The molecule has 2 N–H and O–H groups in total. The van der Waals surface area contributed by atoms with Gasteiger partial charge in [-0.25, -0.2) is 0 Å². The molecular formula is C17H20N4O4. The highest BCUT2D eigenvalue weighted by atomic mass is 16.6. The second-order valence-corrected chi connectivity index (χ2v) is 6.52. The van der Waals surface area contributed by atoms with E-state index in [1.807, 2.05) is 25.4 Å². The Morgan fingerprint density at radius 1 is 1.16 bits per heavy atom. The Labute approximate surface area is 144 Å². The molecule has 1 aromatic carbocycles. The van der Waals surface area contributed by atoms with Gasteiger partial charge in [0.2, 0.25) is 5.91 Å². The third-order valence-electron chi connectivity index (χ3n) is 4.67. The number of hydrogen-bond donors (Lipinski definition) is 2. The summed E-state index contributed by atoms with van der Waals surface area (Å²) in [7, 11) is 1.83. The highest BCUT2D eigenvalue weighted by Gasteiger charge is 2.48. The molecule has 0 bridgehead atoms. The van der Waals surface area contributed by atoms with Crippen LogP contribution in [0.5, 0.6) is 0 Å². The maximum absolute atomic E-state index is 12.7. The number of aromatic nitrogens is 2. The van der Waals surface area contributed by atoms with Crippen LogP contribution in [0.2, 0.25) is 0 Å². The monoisotopic (exact) mass is 344 g/mol. The molecule has 2 aromatic rings. The zero-order valence-electron chi connectivity index (χ0n) is 14.1. The number of rotatable bonds is 3. The molecule has 4 atom stereocenters. The van der Waals surface area contributed by atoms with E-state index in [2.05, 4.69) is 15.7 Å². The predicted octanol–water partition coefficient (Wildman–Crippen LogP) is -0.0260. The molecule has 2 saturated heterocycles. The molecule has 2 fully saturated rings. The van der Waals surface area contributed by atoms with Gasteiger partial charge in [-0.3, -0.25) is 14.3 Å². The zero-order chi connectivity index (χ0) is 17.6. The van der Waals surface area contributed by atoms with Gasteiger partial charge in [0.05, 0.1) is 36.4 Å². The van der Waals surface area contributed by atoms with Gasteiger partial charge in [-0.15, -0.1) is 0 Å². The fourth-order valence-electron chi connectivity index (χ4n) is 3.61. The van der Waals surface area contributed by atoms with E-state index in [0.29, 0.717) is 18.8 Å². The van der Waals surface area contributed by atoms with Crippen molar-refractivity contribution in [2.75, 3.05) is 13.2 Å². The van der Waals surface area contributed by atoms with Gasteiger partial charge < -0.3 is 20.1 Å². The van der Waals surface area contributed by atoms with Crippen molar-refractivity contribution in [3.8, 4) is 0 Å². The number of hydrogen-bond acceptors (Lipinski definition) is 5. The SMILES string of the molecule is CC(=O)N[C@H]1CO[C@H]2[C@@H]1OC[C@@H]2NC(=O)c1cccc2nn(C)cc12. The van der Waals surface area contributed by atoms with Gasteiger partial charge in [-0.05, 0) is 12.1 Å². The average molecular weight is 344 g/mol. The second kappa shape index (κ2) is 6.12. The van der Waals surface area contributed by atoms with Gasteiger partial charge in [0.25, 0.3) is 5.91 Å². The Bertz CT molecular complexity index is 833. The summed E-state index contributed by atoms with van der Waals surface area (Å²) in [5, 5.41) is 11.0. The van der Waals surface area contributed by atoms with Crippen LogP contribution < -0.4 is 10.6 Å². The molecule has 8 nitrogen and oxygen atoms in total. The maximum atomic E-state index is 12.7. The van der Waals surface area contributed by atoms with Gasteiger partial charge in [-0.2, -0.15) is 5.10 Å². The minimum atomic E-state index is -0.256. The first-order chi connectivity index (χ1) is 12.0. The normalized spacial score (nSPS) is 28.1. The predicted molar refractivity (Wildman–Crippen MR) is 89.1 cm³/mol. The zero-order valence-corrected chi connectivity index (χ0v) is 14.1. The number of nitrogens with zero attached hydrogens (tertiary/aromatic N) is 2. The molecule has 3 heterocycles. The summed E-state index contributed by atoms with van der Waals surface area (Å²) in [6.45, 7) is 2.22. The van der Waals surface area contributed by atoms with Crippen molar-refractivity contribution in [1.29, 1.82) is 0 Å². The molecule has 0 aliphatic carbocycles. The number of nitrogens with one attached hydrogen (secondary N) is 2. The van der Waals surface area contributed by atoms with Gasteiger partial charge in [0.1, 0.15) is 12.2 Å². The summed E-state index contributed by atoms with van der Waals surface area (Å²) in [4.78, 5) is 24.0. The summed E-state index contributed by atoms with van der Waals surface area (Å²) in [5.41, 5.74) is 1.35. The molecule has 2 aliphatic heterocycles. The van der Waals surface area contributed by atoms with E-state index in [1.165, 1.54) is 6.92 Å². The third-order valence-corrected chi connectivity index (χ3v) is 4.67. The molecule has 1 aromatic heterocycles. The summed E-state index contributed by atoms with van der Waals surface area (Å²) in [5.74, 6) is -0.298. The van der Waals surface area contributed by atoms with Gasteiger partial charge in [0, 0.05) is 25.6 Å². The van der Waals surface area contributed by atoms with Crippen LogP contribution in [0.25, 0.3) is 10.9 Å². The van der Waals surface area contributed by atoms with E-state index in [0.717, 1.165) is 10.9 Å². The van der Waals surface area contributed by atoms with Crippen molar-refractivity contribution in [1.82, 2.24) is 20.4 Å². The molecule has 8 heteroatoms. The minimum absolute atomic E-state index is 0.117. The first kappa shape index (κ1) is 16.0. The van der Waals surface area contributed by atoms with Crippen molar-refractivity contribution < 1.29 is 19.1 Å². The molecular weight excluding hydrogens is 324 g/mol. The van der Waals surface area contributed by atoms with Crippen LogP contribution in [0, 0.1) is 0 Å². The third kappa shape index (κ3) is 2.87. The molecule has 25 heavy (non-hydrogen) atoms. The maximum Gasteiger partial charge on any atom is 0.252 e. The largest absolute Gasteiger partial charge is 0.371 e. The van der Waals surface area contributed by atoms with Gasteiger partial charge in [0.15, 0.2) is 0 Å². The fourth-order valence-corrected chi connectivity index (χ4v) is 3.61. The number of aryl methyl sites for hydroxylation is 1. The minimum Gasteiger partial charge on any atom is -0.371 e. The molecule has 132 valence electrons. The molecule has 2 aliphatic rings. The van der Waals surface area contributed by atoms with Crippen molar-refractivity contribution >= 4 is 22.7 Å². The summed E-state index contributed by atoms with van der Waals surface area (Å²) < 4.78 is 13.2. The number of benzene rings is 1. The van der Waals surface area contributed by atoms with Crippen LogP contribution in [0.1, 0.15) is 17.3 Å². The van der Waals surface area contributed by atoms with Gasteiger partial charge in [-0.1, -0.05) is 6.07 Å². The van der Waals surface area contributed by atoms with Crippen LogP contribution in [0.4, 0.5) is 0 Å². The van der Waals surface area contributed by atoms with E-state index < -0.39 is 0 Å². The molecule has 2 amide bonds. The highest BCUT2D eigenvalue weighted by molar-refractivity contribution is 6.06. The standard InChI is InChI=1S/C17H20N4O4/c1-9(22)18-13-7-24-16-14(8-25-15(13)16)19-17(23)10-4-3-5-12-11(10)6-21(2)20-12/h3-6,13-16H,7-8H2,1-2H3,(H,18,22)(H,19,23)/t13-,14-,15+,16+/m0/s1. The highest BCUT2D eigenvalue weighted by Crippen LogP contribution is 2.27. The first-order valence-corrected chi connectivity index (χ1v) is 8.26. The van der Waals surface area contributed by atoms with Crippen LogP contribution in [-0.2, 0) is 21.3 Å². The lowest BCUT2D eigenvalue weighted by Gasteiger charge is -2.18. The van der Waals surface area contributed by atoms with Crippen LogP contribution in [0.3, 0.4) is 0 Å². The Morgan fingerprint density at radius 2 is 1.84 bits per heavy atom. The first-order valence-electron chi connectivity index (χ1n) is 8.26. The number of amides is 2. The van der Waals surface area contributed by atoms with E-state index in [9.17, 15) is 9.59 Å². The Morgan fingerprint density at radius 3 is 2.52 bits per heavy atom. The summed E-state index contributed by atoms with van der Waals surface area (Å²) >= 11 is 0. The topological polar surface area (TPSA) is 94.5 Å². The fraction of sp³-hybridized carbons (Fsp3) is 0.471. The molecule has 4 rings (SSSR count). The van der Waals surface area contributed by atoms with Crippen LogP contribution in [0.15, 0.2) is 24.4 Å². The van der Waals surface area contributed by atoms with Crippen molar-refractivity contribution in [3.63, 3.8) is 0 Å². The summed E-state index contributed by atoms with van der Waals surface area (Å²) in [6.07, 6.45) is 1.34. The van der Waals surface area contributed by atoms with E-state index >= 15 is 0 Å². The van der Waals surface area contributed by atoms with E-state index in [4.69, 9.17) is 9.47 Å². The number of carbonyl (C=O) groups excluding carboxylic acids is 2. The van der Waals surface area contributed by atoms with Crippen molar-refractivity contribution in [3.05, 3.63) is 30.0 Å². The lowest BCUT2D eigenvalue weighted by Crippen LogP contribution is -2.46.